The Morgan fingerprint density at radius 3 is 2.02 bits per heavy atom. The van der Waals surface area contributed by atoms with Gasteiger partial charge >= 0.3 is 0 Å². The van der Waals surface area contributed by atoms with E-state index in [1.807, 2.05) is 11.3 Å². The fraction of sp³-hybridized carbons (Fsp3) is 0.0476. The predicted molar refractivity (Wildman–Crippen MR) is 185 cm³/mol. The summed E-state index contributed by atoms with van der Waals surface area (Å²) in [5.74, 6) is 0.311. The minimum atomic E-state index is 0.311. The lowest BCUT2D eigenvalue weighted by atomic mass is 9.74. The summed E-state index contributed by atoms with van der Waals surface area (Å²) >= 11 is 1.91. The van der Waals surface area contributed by atoms with Crippen LogP contribution in [-0.2, 0) is 6.42 Å². The summed E-state index contributed by atoms with van der Waals surface area (Å²) < 4.78 is 2.71. The molecule has 202 valence electrons. The van der Waals surface area contributed by atoms with Crippen LogP contribution in [0, 0.1) is 0 Å². The molecule has 7 aromatic carbocycles. The highest BCUT2D eigenvalue weighted by Gasteiger charge is 2.29. The normalized spacial score (nSPS) is 14.2. The second kappa shape index (κ2) is 9.80. The van der Waals surface area contributed by atoms with E-state index in [9.17, 15) is 0 Å². The number of fused-ring (bicyclic) bond motifs is 8. The third-order valence-corrected chi connectivity index (χ3v) is 10.4. The zero-order valence-electron chi connectivity index (χ0n) is 23.6. The second-order valence-electron chi connectivity index (χ2n) is 11.7. The molecule has 0 saturated heterocycles. The van der Waals surface area contributed by atoms with Gasteiger partial charge in [-0.05, 0) is 97.6 Å². The molecule has 1 unspecified atom stereocenters. The fourth-order valence-electron chi connectivity index (χ4n) is 7.14. The van der Waals surface area contributed by atoms with E-state index in [1.165, 1.54) is 81.0 Å². The minimum absolute atomic E-state index is 0.311. The van der Waals surface area contributed by atoms with Crippen LogP contribution in [0.25, 0.3) is 64.3 Å². The summed E-state index contributed by atoms with van der Waals surface area (Å²) in [6.07, 6.45) is 0.999. The maximum Gasteiger partial charge on any atom is 0.0361 e. The van der Waals surface area contributed by atoms with Crippen molar-refractivity contribution in [2.24, 2.45) is 0 Å². The third-order valence-electron chi connectivity index (χ3n) is 9.23. The Morgan fingerprint density at radius 1 is 0.488 bits per heavy atom. The van der Waals surface area contributed by atoms with Crippen LogP contribution in [0.1, 0.15) is 22.6 Å². The van der Waals surface area contributed by atoms with Crippen LogP contribution in [0.3, 0.4) is 0 Å². The molecule has 0 amide bonds. The van der Waals surface area contributed by atoms with Gasteiger partial charge in [-0.2, -0.15) is 0 Å². The van der Waals surface area contributed by atoms with E-state index in [0.717, 1.165) is 6.42 Å². The third kappa shape index (κ3) is 4.04. The maximum absolute atomic E-state index is 2.48. The number of thiophene rings is 1. The van der Waals surface area contributed by atoms with Gasteiger partial charge in [0.2, 0.25) is 0 Å². The van der Waals surface area contributed by atoms with E-state index in [-0.39, 0.29) is 0 Å². The summed E-state index contributed by atoms with van der Waals surface area (Å²) in [6, 6.07) is 56.3. The lowest BCUT2D eigenvalue weighted by Gasteiger charge is -2.30. The molecule has 0 radical (unpaired) electrons. The first-order chi connectivity index (χ1) is 21.3. The van der Waals surface area contributed by atoms with Gasteiger partial charge in [0.05, 0.1) is 0 Å². The van der Waals surface area contributed by atoms with Gasteiger partial charge in [-0.1, -0.05) is 121 Å². The molecule has 1 aliphatic rings. The molecule has 43 heavy (non-hydrogen) atoms. The predicted octanol–water partition coefficient (Wildman–Crippen LogP) is 11.9. The van der Waals surface area contributed by atoms with Crippen molar-refractivity contribution in [3.63, 3.8) is 0 Å². The van der Waals surface area contributed by atoms with Crippen molar-refractivity contribution < 1.29 is 0 Å². The average molecular weight is 565 g/mol. The van der Waals surface area contributed by atoms with Crippen molar-refractivity contribution >= 4 is 42.3 Å². The molecular weight excluding hydrogens is 537 g/mol. The first-order valence-electron chi connectivity index (χ1n) is 15.0. The smallest absolute Gasteiger partial charge is 0.0361 e. The molecule has 9 rings (SSSR count). The Kier molecular flexibility index (Phi) is 5.61. The van der Waals surface area contributed by atoms with Crippen molar-refractivity contribution in [2.75, 3.05) is 0 Å². The first-order valence-corrected chi connectivity index (χ1v) is 15.8. The summed E-state index contributed by atoms with van der Waals surface area (Å²) in [5, 5.41) is 5.33. The van der Waals surface area contributed by atoms with Gasteiger partial charge in [0, 0.05) is 26.1 Å². The second-order valence-corrected chi connectivity index (χ2v) is 12.8. The molecule has 0 spiro atoms. The summed E-state index contributed by atoms with van der Waals surface area (Å²) in [5.41, 5.74) is 12.1. The Balaban J connectivity index is 1.29. The van der Waals surface area contributed by atoms with Crippen molar-refractivity contribution in [2.45, 2.75) is 12.3 Å². The fourth-order valence-corrected chi connectivity index (χ4v) is 8.23. The van der Waals surface area contributed by atoms with E-state index < -0.39 is 0 Å². The molecule has 8 aromatic rings. The van der Waals surface area contributed by atoms with Crippen LogP contribution in [-0.4, -0.2) is 0 Å². The quantitative estimate of drug-likeness (QED) is 0.200. The standard InChI is InChI=1S/C42H28S/c1-3-9-27(10-4-1)32-18-21-39-38(25-32)42-40(43-39)22-19-34-26-36(29-12-5-2-6-13-29)37-24-33(17-20-35(37)41(34)42)31-16-15-28-11-7-8-14-30(28)23-31/h1-25,36H,26H2. The summed E-state index contributed by atoms with van der Waals surface area (Å²) in [6.45, 7) is 0. The van der Waals surface area contributed by atoms with Crippen molar-refractivity contribution in [3.05, 3.63) is 168 Å². The molecule has 0 N–H and O–H groups in total. The Labute approximate surface area is 255 Å². The van der Waals surface area contributed by atoms with Gasteiger partial charge in [-0.25, -0.2) is 0 Å². The summed E-state index contributed by atoms with van der Waals surface area (Å²) in [4.78, 5) is 0. The number of hydrogen-bond acceptors (Lipinski definition) is 1. The highest BCUT2D eigenvalue weighted by molar-refractivity contribution is 7.26. The van der Waals surface area contributed by atoms with Crippen molar-refractivity contribution in [1.82, 2.24) is 0 Å². The Bertz CT molecular complexity index is 2310. The molecular formula is C42H28S. The van der Waals surface area contributed by atoms with Crippen LogP contribution in [0.15, 0.2) is 152 Å². The molecule has 1 aliphatic carbocycles. The van der Waals surface area contributed by atoms with Crippen LogP contribution in [0.5, 0.6) is 0 Å². The van der Waals surface area contributed by atoms with Crippen LogP contribution < -0.4 is 0 Å². The molecule has 0 nitrogen and oxygen atoms in total. The Hall–Kier alpha value is -4.98. The first kappa shape index (κ1) is 24.6. The molecule has 0 fully saturated rings. The number of hydrogen-bond donors (Lipinski definition) is 0. The largest absolute Gasteiger partial charge is 0.135 e. The molecule has 1 aromatic heterocycles. The molecule has 0 bridgehead atoms. The van der Waals surface area contributed by atoms with Crippen LogP contribution in [0.2, 0.25) is 0 Å². The van der Waals surface area contributed by atoms with E-state index in [1.54, 1.807) is 0 Å². The average Bonchev–Trinajstić information content (AvgIpc) is 3.46. The molecule has 1 heterocycles. The SMILES string of the molecule is c1ccc(-c2ccc3sc4ccc5c(c4c3c2)-c2ccc(-c3ccc4ccccc4c3)cc2C(c2ccccc2)C5)cc1. The van der Waals surface area contributed by atoms with Gasteiger partial charge in [-0.3, -0.25) is 0 Å². The lowest BCUT2D eigenvalue weighted by Crippen LogP contribution is -2.13. The van der Waals surface area contributed by atoms with Crippen LogP contribution >= 0.6 is 11.3 Å². The Morgan fingerprint density at radius 2 is 1.16 bits per heavy atom. The van der Waals surface area contributed by atoms with E-state index >= 15 is 0 Å². The zero-order valence-corrected chi connectivity index (χ0v) is 24.4. The number of rotatable bonds is 3. The molecule has 1 heteroatoms. The topological polar surface area (TPSA) is 0 Å². The van der Waals surface area contributed by atoms with Gasteiger partial charge < -0.3 is 0 Å². The molecule has 0 aliphatic heterocycles. The van der Waals surface area contributed by atoms with Crippen molar-refractivity contribution in [1.29, 1.82) is 0 Å². The highest BCUT2D eigenvalue weighted by Crippen LogP contribution is 2.50. The molecule has 0 saturated carbocycles. The van der Waals surface area contributed by atoms with E-state index in [4.69, 9.17) is 0 Å². The highest BCUT2D eigenvalue weighted by atomic mass is 32.1. The molecule has 1 atom stereocenters. The summed E-state index contributed by atoms with van der Waals surface area (Å²) in [7, 11) is 0. The van der Waals surface area contributed by atoms with E-state index in [0.29, 0.717) is 5.92 Å². The van der Waals surface area contributed by atoms with Crippen LogP contribution in [0.4, 0.5) is 0 Å². The van der Waals surface area contributed by atoms with Crippen molar-refractivity contribution in [3.8, 4) is 33.4 Å². The van der Waals surface area contributed by atoms with Gasteiger partial charge in [-0.15, -0.1) is 11.3 Å². The van der Waals surface area contributed by atoms with Gasteiger partial charge in [0.15, 0.2) is 0 Å². The zero-order chi connectivity index (χ0) is 28.3. The number of benzene rings is 7. The minimum Gasteiger partial charge on any atom is -0.135 e. The lowest BCUT2D eigenvalue weighted by molar-refractivity contribution is 0.796. The maximum atomic E-state index is 2.48. The monoisotopic (exact) mass is 564 g/mol. The van der Waals surface area contributed by atoms with Gasteiger partial charge in [0.1, 0.15) is 0 Å². The van der Waals surface area contributed by atoms with Gasteiger partial charge in [0.25, 0.3) is 0 Å². The van der Waals surface area contributed by atoms with E-state index in [2.05, 4.69) is 152 Å².